The molecule has 1 aromatic carbocycles. The van der Waals surface area contributed by atoms with Crippen LogP contribution in [0.15, 0.2) is 35.5 Å². The van der Waals surface area contributed by atoms with Crippen LogP contribution in [-0.4, -0.2) is 30.6 Å². The highest BCUT2D eigenvalue weighted by molar-refractivity contribution is 7.11. The summed E-state index contributed by atoms with van der Waals surface area (Å²) in [6.07, 6.45) is 1.85. The van der Waals surface area contributed by atoms with Crippen LogP contribution >= 0.6 is 11.3 Å². The number of guanidine groups is 1. The van der Waals surface area contributed by atoms with E-state index in [-0.39, 0.29) is 5.82 Å². The zero-order valence-corrected chi connectivity index (χ0v) is 14.1. The lowest BCUT2D eigenvalue weighted by Gasteiger charge is -2.11. The fourth-order valence-electron chi connectivity index (χ4n) is 1.86. The molecule has 0 saturated heterocycles. The molecule has 1 aromatic heterocycles. The summed E-state index contributed by atoms with van der Waals surface area (Å²) in [6, 6.07) is 6.11. The number of halogens is 1. The predicted molar refractivity (Wildman–Crippen MR) is 91.6 cm³/mol. The van der Waals surface area contributed by atoms with Crippen LogP contribution in [0.2, 0.25) is 0 Å². The van der Waals surface area contributed by atoms with Crippen LogP contribution in [-0.2, 0) is 6.54 Å². The molecule has 0 aliphatic carbocycles. The minimum atomic E-state index is -0.302. The van der Waals surface area contributed by atoms with Gasteiger partial charge in [0.2, 0.25) is 0 Å². The molecule has 0 radical (unpaired) electrons. The van der Waals surface area contributed by atoms with Crippen LogP contribution in [0.4, 0.5) is 4.39 Å². The van der Waals surface area contributed by atoms with E-state index in [9.17, 15) is 4.39 Å². The maximum absolute atomic E-state index is 13.0. The van der Waals surface area contributed by atoms with E-state index in [0.29, 0.717) is 31.4 Å². The smallest absolute Gasteiger partial charge is 0.191 e. The van der Waals surface area contributed by atoms with Crippen molar-refractivity contribution in [3.05, 3.63) is 46.2 Å². The maximum atomic E-state index is 13.0. The van der Waals surface area contributed by atoms with E-state index in [1.165, 1.54) is 17.0 Å². The molecular weight excluding hydrogens is 315 g/mol. The van der Waals surface area contributed by atoms with Gasteiger partial charge in [-0.3, -0.25) is 0 Å². The van der Waals surface area contributed by atoms with E-state index in [4.69, 9.17) is 4.74 Å². The van der Waals surface area contributed by atoms with Gasteiger partial charge in [-0.15, -0.1) is 11.3 Å². The van der Waals surface area contributed by atoms with Crippen LogP contribution in [0, 0.1) is 12.7 Å². The van der Waals surface area contributed by atoms with Crippen molar-refractivity contribution in [2.75, 3.05) is 19.7 Å². The Morgan fingerprint density at radius 3 is 2.96 bits per heavy atom. The highest BCUT2D eigenvalue weighted by atomic mass is 32.1. The first kappa shape index (κ1) is 17.2. The van der Waals surface area contributed by atoms with Gasteiger partial charge >= 0.3 is 0 Å². The SMILES string of the molecule is CCNC(=NCc1ncc(C)s1)NCCOc1cccc(F)c1. The maximum Gasteiger partial charge on any atom is 0.191 e. The Hall–Kier alpha value is -2.15. The summed E-state index contributed by atoms with van der Waals surface area (Å²) in [5, 5.41) is 7.33. The molecule has 5 nitrogen and oxygen atoms in total. The number of benzene rings is 1. The molecule has 23 heavy (non-hydrogen) atoms. The number of aromatic nitrogens is 1. The molecule has 0 spiro atoms. The Labute approximate surface area is 139 Å². The van der Waals surface area contributed by atoms with Gasteiger partial charge in [0.1, 0.15) is 23.2 Å². The Balaban J connectivity index is 1.77. The van der Waals surface area contributed by atoms with E-state index in [1.54, 1.807) is 23.5 Å². The van der Waals surface area contributed by atoms with E-state index in [1.807, 2.05) is 20.0 Å². The van der Waals surface area contributed by atoms with Crippen molar-refractivity contribution in [3.8, 4) is 5.75 Å². The third-order valence-corrected chi connectivity index (χ3v) is 3.74. The largest absolute Gasteiger partial charge is 0.492 e. The average Bonchev–Trinajstić information content (AvgIpc) is 2.94. The van der Waals surface area contributed by atoms with Crippen molar-refractivity contribution in [1.29, 1.82) is 0 Å². The van der Waals surface area contributed by atoms with Crippen LogP contribution in [0.1, 0.15) is 16.8 Å². The van der Waals surface area contributed by atoms with Crippen molar-refractivity contribution < 1.29 is 9.13 Å². The molecule has 0 amide bonds. The summed E-state index contributed by atoms with van der Waals surface area (Å²) >= 11 is 1.64. The van der Waals surface area contributed by atoms with Crippen LogP contribution in [0.5, 0.6) is 5.75 Å². The lowest BCUT2D eigenvalue weighted by atomic mass is 10.3. The normalized spacial score (nSPS) is 11.3. The summed E-state index contributed by atoms with van der Waals surface area (Å²) in [7, 11) is 0. The van der Waals surface area contributed by atoms with E-state index < -0.39 is 0 Å². The summed E-state index contributed by atoms with van der Waals surface area (Å²) < 4.78 is 18.5. The van der Waals surface area contributed by atoms with Gasteiger partial charge in [-0.2, -0.15) is 0 Å². The minimum absolute atomic E-state index is 0.302. The predicted octanol–water partition coefficient (Wildman–Crippen LogP) is 2.72. The molecule has 2 rings (SSSR count). The van der Waals surface area contributed by atoms with Gasteiger partial charge < -0.3 is 15.4 Å². The third-order valence-electron chi connectivity index (χ3n) is 2.85. The lowest BCUT2D eigenvalue weighted by molar-refractivity contribution is 0.320. The molecule has 124 valence electrons. The number of rotatable bonds is 7. The second-order valence-electron chi connectivity index (χ2n) is 4.79. The van der Waals surface area contributed by atoms with Gasteiger partial charge in [0.25, 0.3) is 0 Å². The summed E-state index contributed by atoms with van der Waals surface area (Å²) in [5.74, 6) is 0.930. The molecule has 0 aliphatic rings. The summed E-state index contributed by atoms with van der Waals surface area (Å²) in [5.41, 5.74) is 0. The number of ether oxygens (including phenoxy) is 1. The molecule has 0 atom stereocenters. The Morgan fingerprint density at radius 2 is 2.26 bits per heavy atom. The van der Waals surface area contributed by atoms with E-state index >= 15 is 0 Å². The Kier molecular flexibility index (Phi) is 6.80. The molecule has 0 saturated carbocycles. The monoisotopic (exact) mass is 336 g/mol. The number of aliphatic imine (C=N–C) groups is 1. The fraction of sp³-hybridized carbons (Fsp3) is 0.375. The first-order chi connectivity index (χ1) is 11.2. The third kappa shape index (κ3) is 6.23. The number of hydrogen-bond donors (Lipinski definition) is 2. The average molecular weight is 336 g/mol. The number of thiazole rings is 1. The molecule has 2 N–H and O–H groups in total. The van der Waals surface area contributed by atoms with Crippen molar-refractivity contribution in [2.24, 2.45) is 4.99 Å². The minimum Gasteiger partial charge on any atom is -0.492 e. The van der Waals surface area contributed by atoms with Crippen molar-refractivity contribution in [3.63, 3.8) is 0 Å². The Bertz CT molecular complexity index is 645. The quantitative estimate of drug-likeness (QED) is 0.464. The lowest BCUT2D eigenvalue weighted by Crippen LogP contribution is -2.39. The summed E-state index contributed by atoms with van der Waals surface area (Å²) in [6.45, 7) is 6.33. The molecule has 7 heteroatoms. The van der Waals surface area contributed by atoms with Crippen LogP contribution in [0.25, 0.3) is 0 Å². The molecule has 0 fully saturated rings. The highest BCUT2D eigenvalue weighted by Gasteiger charge is 2.01. The number of aryl methyl sites for hydroxylation is 1. The van der Waals surface area contributed by atoms with E-state index in [0.717, 1.165) is 11.6 Å². The zero-order valence-electron chi connectivity index (χ0n) is 13.3. The molecular formula is C16H21FN4OS. The number of hydrogen-bond acceptors (Lipinski definition) is 4. The second-order valence-corrected chi connectivity index (χ2v) is 6.11. The molecule has 0 unspecified atom stereocenters. The van der Waals surface area contributed by atoms with Crippen molar-refractivity contribution in [2.45, 2.75) is 20.4 Å². The number of nitrogens with zero attached hydrogens (tertiary/aromatic N) is 2. The van der Waals surface area contributed by atoms with Gasteiger partial charge in [0.05, 0.1) is 13.1 Å². The second kappa shape index (κ2) is 9.09. The molecule has 1 heterocycles. The zero-order chi connectivity index (χ0) is 16.5. The Morgan fingerprint density at radius 1 is 1.39 bits per heavy atom. The number of nitrogens with one attached hydrogen (secondary N) is 2. The first-order valence-electron chi connectivity index (χ1n) is 7.49. The summed E-state index contributed by atoms with van der Waals surface area (Å²) in [4.78, 5) is 9.95. The fourth-order valence-corrected chi connectivity index (χ4v) is 2.57. The van der Waals surface area contributed by atoms with E-state index in [2.05, 4.69) is 20.6 Å². The van der Waals surface area contributed by atoms with Gasteiger partial charge in [0, 0.05) is 23.7 Å². The van der Waals surface area contributed by atoms with Crippen LogP contribution in [0.3, 0.4) is 0 Å². The van der Waals surface area contributed by atoms with Crippen molar-refractivity contribution in [1.82, 2.24) is 15.6 Å². The molecule has 0 aliphatic heterocycles. The van der Waals surface area contributed by atoms with Gasteiger partial charge in [-0.25, -0.2) is 14.4 Å². The van der Waals surface area contributed by atoms with Crippen LogP contribution < -0.4 is 15.4 Å². The van der Waals surface area contributed by atoms with Gasteiger partial charge in [-0.1, -0.05) is 6.07 Å². The molecule has 2 aromatic rings. The van der Waals surface area contributed by atoms with Crippen molar-refractivity contribution >= 4 is 17.3 Å². The van der Waals surface area contributed by atoms with Gasteiger partial charge in [-0.05, 0) is 26.0 Å². The topological polar surface area (TPSA) is 58.5 Å². The first-order valence-corrected chi connectivity index (χ1v) is 8.31. The highest BCUT2D eigenvalue weighted by Crippen LogP contribution is 2.12. The molecule has 0 bridgehead atoms. The standard InChI is InChI=1S/C16H21FN4OS/c1-3-18-16(21-11-15-20-10-12(2)23-15)19-7-8-22-14-6-4-5-13(17)9-14/h4-6,9-10H,3,7-8,11H2,1-2H3,(H2,18,19,21). The van der Waals surface area contributed by atoms with Gasteiger partial charge in [0.15, 0.2) is 5.96 Å².